The van der Waals surface area contributed by atoms with Gasteiger partial charge in [0, 0.05) is 10.9 Å². The smallest absolute Gasteiger partial charge is 0.338 e. The number of hydrogen-bond donors (Lipinski definition) is 3. The largest absolute Gasteiger partial charge is 0.478 e. The molecule has 1 aromatic rings. The van der Waals surface area contributed by atoms with Gasteiger partial charge in [-0.25, -0.2) is 9.18 Å². The van der Waals surface area contributed by atoms with Crippen molar-refractivity contribution in [3.8, 4) is 0 Å². The second kappa shape index (κ2) is 7.42. The first-order chi connectivity index (χ1) is 10.1. The molecule has 0 spiro atoms. The van der Waals surface area contributed by atoms with Gasteiger partial charge in [0.1, 0.15) is 5.82 Å². The van der Waals surface area contributed by atoms with E-state index in [9.17, 15) is 14.0 Å². The van der Waals surface area contributed by atoms with Crippen LogP contribution in [-0.2, 0) is 4.79 Å². The van der Waals surface area contributed by atoms with Gasteiger partial charge in [-0.3, -0.25) is 4.79 Å². The number of thioether (sulfide) groups is 1. The van der Waals surface area contributed by atoms with E-state index in [0.717, 1.165) is 38.1 Å². The molecule has 1 aliphatic rings. The van der Waals surface area contributed by atoms with Gasteiger partial charge in [-0.1, -0.05) is 0 Å². The maximum absolute atomic E-state index is 13.2. The van der Waals surface area contributed by atoms with E-state index >= 15 is 0 Å². The number of carbonyl (C=O) groups excluding carboxylic acids is 1. The Bertz CT molecular complexity index is 533. The number of rotatable bonds is 5. The van der Waals surface area contributed by atoms with E-state index in [1.807, 2.05) is 0 Å². The summed E-state index contributed by atoms with van der Waals surface area (Å²) in [6, 6.07) is 3.53. The first-order valence-corrected chi connectivity index (χ1v) is 7.76. The SMILES string of the molecule is O=C(CSC1CCNCC1)Nc1ccc(F)c(C(=O)O)c1. The molecule has 3 N–H and O–H groups in total. The van der Waals surface area contributed by atoms with Gasteiger partial charge >= 0.3 is 5.97 Å². The number of carbonyl (C=O) groups is 2. The standard InChI is InChI=1S/C14H17FN2O3S/c15-12-2-1-9(7-11(12)14(19)20)17-13(18)8-21-10-3-5-16-6-4-10/h1-2,7,10,16H,3-6,8H2,(H,17,18)(H,19,20). The number of hydrogen-bond acceptors (Lipinski definition) is 4. The Labute approximate surface area is 126 Å². The number of benzene rings is 1. The van der Waals surface area contributed by atoms with Crippen molar-refractivity contribution in [2.45, 2.75) is 18.1 Å². The van der Waals surface area contributed by atoms with Crippen molar-refractivity contribution in [2.24, 2.45) is 0 Å². The summed E-state index contributed by atoms with van der Waals surface area (Å²) in [5, 5.41) is 15.2. The van der Waals surface area contributed by atoms with Gasteiger partial charge in [-0.05, 0) is 44.1 Å². The van der Waals surface area contributed by atoms with Crippen LogP contribution >= 0.6 is 11.8 Å². The van der Waals surface area contributed by atoms with Crippen LogP contribution in [0.1, 0.15) is 23.2 Å². The Kier molecular flexibility index (Phi) is 5.58. The Morgan fingerprint density at radius 1 is 1.38 bits per heavy atom. The van der Waals surface area contributed by atoms with Gasteiger partial charge < -0.3 is 15.7 Å². The number of nitrogens with one attached hydrogen (secondary N) is 2. The third-order valence-corrected chi connectivity index (χ3v) is 4.59. The molecule has 1 aliphatic heterocycles. The van der Waals surface area contributed by atoms with E-state index in [4.69, 9.17) is 5.11 Å². The van der Waals surface area contributed by atoms with Crippen molar-refractivity contribution in [1.29, 1.82) is 0 Å². The molecule has 7 heteroatoms. The van der Waals surface area contributed by atoms with E-state index < -0.39 is 17.3 Å². The van der Waals surface area contributed by atoms with Crippen molar-refractivity contribution < 1.29 is 19.1 Å². The van der Waals surface area contributed by atoms with Crippen LogP contribution in [0.3, 0.4) is 0 Å². The highest BCUT2D eigenvalue weighted by Crippen LogP contribution is 2.21. The third-order valence-electron chi connectivity index (χ3n) is 3.22. The lowest BCUT2D eigenvalue weighted by Crippen LogP contribution is -2.30. The number of aromatic carboxylic acids is 1. The molecule has 1 saturated heterocycles. The molecule has 1 heterocycles. The zero-order valence-electron chi connectivity index (χ0n) is 11.4. The highest BCUT2D eigenvalue weighted by atomic mass is 32.2. The summed E-state index contributed by atoms with van der Waals surface area (Å²) < 4.78 is 13.2. The lowest BCUT2D eigenvalue weighted by atomic mass is 10.2. The number of halogens is 1. The van der Waals surface area contributed by atoms with Crippen molar-refractivity contribution in [3.05, 3.63) is 29.6 Å². The minimum Gasteiger partial charge on any atom is -0.478 e. The zero-order valence-corrected chi connectivity index (χ0v) is 12.2. The first kappa shape index (κ1) is 15.8. The number of carboxylic acid groups (broad SMARTS) is 1. The number of anilines is 1. The van der Waals surface area contributed by atoms with Crippen molar-refractivity contribution >= 4 is 29.3 Å². The highest BCUT2D eigenvalue weighted by Gasteiger charge is 2.16. The van der Waals surface area contributed by atoms with Crippen LogP contribution in [-0.4, -0.2) is 41.1 Å². The van der Waals surface area contributed by atoms with Crippen LogP contribution in [0.5, 0.6) is 0 Å². The van der Waals surface area contributed by atoms with Crippen LogP contribution in [0.4, 0.5) is 10.1 Å². The third kappa shape index (κ3) is 4.71. The fourth-order valence-corrected chi connectivity index (χ4v) is 3.15. The minimum absolute atomic E-state index is 0.207. The molecule has 1 amide bonds. The Hall–Kier alpha value is -1.60. The normalized spacial score (nSPS) is 15.7. The molecular weight excluding hydrogens is 295 g/mol. The highest BCUT2D eigenvalue weighted by molar-refractivity contribution is 8.00. The number of carboxylic acids is 1. The van der Waals surface area contributed by atoms with E-state index in [1.54, 1.807) is 11.8 Å². The lowest BCUT2D eigenvalue weighted by molar-refractivity contribution is -0.113. The zero-order chi connectivity index (χ0) is 15.2. The van der Waals surface area contributed by atoms with Gasteiger partial charge in [0.2, 0.25) is 5.91 Å². The van der Waals surface area contributed by atoms with Gasteiger partial charge in [-0.15, -0.1) is 11.8 Å². The topological polar surface area (TPSA) is 78.4 Å². The average molecular weight is 312 g/mol. The Morgan fingerprint density at radius 2 is 2.10 bits per heavy atom. The van der Waals surface area contributed by atoms with Crippen molar-refractivity contribution in [2.75, 3.05) is 24.2 Å². The molecule has 0 aromatic heterocycles. The van der Waals surface area contributed by atoms with Crippen molar-refractivity contribution in [3.63, 3.8) is 0 Å². The minimum atomic E-state index is -1.35. The maximum Gasteiger partial charge on any atom is 0.338 e. The van der Waals surface area contributed by atoms with Crippen LogP contribution in [0.15, 0.2) is 18.2 Å². The second-order valence-electron chi connectivity index (χ2n) is 4.81. The summed E-state index contributed by atoms with van der Waals surface area (Å²) >= 11 is 1.60. The second-order valence-corrected chi connectivity index (χ2v) is 6.10. The first-order valence-electron chi connectivity index (χ1n) is 6.71. The molecular formula is C14H17FN2O3S. The molecule has 0 unspecified atom stereocenters. The van der Waals surface area contributed by atoms with Gasteiger partial charge in [0.05, 0.1) is 11.3 Å². The molecule has 1 aromatic carbocycles. The molecule has 114 valence electrons. The summed E-state index contributed by atoms with van der Waals surface area (Å²) in [6.07, 6.45) is 2.08. The van der Waals surface area contributed by atoms with Gasteiger partial charge in [0.15, 0.2) is 0 Å². The summed E-state index contributed by atoms with van der Waals surface area (Å²) in [6.45, 7) is 1.94. The average Bonchev–Trinajstić information content (AvgIpc) is 2.48. The quantitative estimate of drug-likeness (QED) is 0.774. The van der Waals surface area contributed by atoms with E-state index in [-0.39, 0.29) is 5.91 Å². The van der Waals surface area contributed by atoms with E-state index in [2.05, 4.69) is 10.6 Å². The molecule has 0 bridgehead atoms. The fourth-order valence-electron chi connectivity index (χ4n) is 2.12. The predicted molar refractivity (Wildman–Crippen MR) is 80.3 cm³/mol. The number of piperidine rings is 1. The molecule has 0 atom stereocenters. The van der Waals surface area contributed by atoms with Crippen molar-refractivity contribution in [1.82, 2.24) is 5.32 Å². The summed E-state index contributed by atoms with van der Waals surface area (Å²) in [7, 11) is 0. The molecule has 2 rings (SSSR count). The molecule has 21 heavy (non-hydrogen) atoms. The summed E-state index contributed by atoms with van der Waals surface area (Å²) in [5.41, 5.74) is -0.150. The molecule has 0 radical (unpaired) electrons. The Morgan fingerprint density at radius 3 is 2.76 bits per heavy atom. The molecule has 5 nitrogen and oxygen atoms in total. The van der Waals surface area contributed by atoms with Crippen LogP contribution < -0.4 is 10.6 Å². The van der Waals surface area contributed by atoms with Gasteiger partial charge in [-0.2, -0.15) is 0 Å². The Balaban J connectivity index is 1.87. The van der Waals surface area contributed by atoms with Crippen LogP contribution in [0.2, 0.25) is 0 Å². The summed E-state index contributed by atoms with van der Waals surface area (Å²) in [5.74, 6) is -2.07. The van der Waals surface area contributed by atoms with E-state index in [1.165, 1.54) is 6.07 Å². The fraction of sp³-hybridized carbons (Fsp3) is 0.429. The molecule has 0 saturated carbocycles. The van der Waals surface area contributed by atoms with Gasteiger partial charge in [0.25, 0.3) is 0 Å². The monoisotopic (exact) mass is 312 g/mol. The van der Waals surface area contributed by atoms with E-state index in [0.29, 0.717) is 16.7 Å². The molecule has 0 aliphatic carbocycles. The van der Waals surface area contributed by atoms with Crippen LogP contribution in [0.25, 0.3) is 0 Å². The summed E-state index contributed by atoms with van der Waals surface area (Å²) in [4.78, 5) is 22.7. The lowest BCUT2D eigenvalue weighted by Gasteiger charge is -2.21. The van der Waals surface area contributed by atoms with Crippen LogP contribution in [0, 0.1) is 5.82 Å². The molecule has 1 fully saturated rings. The predicted octanol–water partition coefficient (Wildman–Crippen LogP) is 1.95. The number of amides is 1. The maximum atomic E-state index is 13.2.